The number of benzene rings is 1. The Hall–Kier alpha value is -3.07. The SMILES string of the molecule is CN(C)CC1CCc2cc(Nc3ncc4c(n3)N(c3cccc(C(C)(C)C)n3)N(C3CC3)C4O)ccc2C1. The molecule has 2 aromatic heterocycles. The first kappa shape index (κ1) is 25.2. The smallest absolute Gasteiger partial charge is 0.229 e. The quantitative estimate of drug-likeness (QED) is 0.471. The van der Waals surface area contributed by atoms with Gasteiger partial charge in [-0.1, -0.05) is 32.9 Å². The Bertz CT molecular complexity index is 1330. The van der Waals surface area contributed by atoms with Crippen LogP contribution in [-0.2, 0) is 18.3 Å². The van der Waals surface area contributed by atoms with Gasteiger partial charge in [-0.25, -0.2) is 15.0 Å². The third-order valence-corrected chi connectivity index (χ3v) is 7.81. The molecule has 0 spiro atoms. The highest BCUT2D eigenvalue weighted by molar-refractivity contribution is 5.66. The molecule has 0 bridgehead atoms. The third kappa shape index (κ3) is 4.88. The summed E-state index contributed by atoms with van der Waals surface area (Å²) >= 11 is 0. The van der Waals surface area contributed by atoms with Gasteiger partial charge in [-0.3, -0.25) is 0 Å². The number of hydrogen-bond donors (Lipinski definition) is 2. The van der Waals surface area contributed by atoms with E-state index in [0.717, 1.165) is 49.4 Å². The Morgan fingerprint density at radius 1 is 1.05 bits per heavy atom. The molecule has 0 amide bonds. The van der Waals surface area contributed by atoms with Crippen molar-refractivity contribution in [3.05, 3.63) is 65.0 Å². The molecule has 2 aliphatic carbocycles. The maximum atomic E-state index is 11.3. The van der Waals surface area contributed by atoms with E-state index < -0.39 is 6.23 Å². The van der Waals surface area contributed by atoms with E-state index in [2.05, 4.69) is 74.3 Å². The van der Waals surface area contributed by atoms with E-state index in [0.29, 0.717) is 23.2 Å². The number of aromatic nitrogens is 3. The minimum absolute atomic E-state index is 0.0844. The number of rotatable bonds is 6. The van der Waals surface area contributed by atoms with E-state index in [-0.39, 0.29) is 11.5 Å². The number of aliphatic hydroxyl groups excluding tert-OH is 1. The second-order valence-electron chi connectivity index (χ2n) is 12.4. The zero-order valence-corrected chi connectivity index (χ0v) is 23.1. The second kappa shape index (κ2) is 9.59. The molecule has 8 heteroatoms. The summed E-state index contributed by atoms with van der Waals surface area (Å²) in [6, 6.07) is 13.0. The number of aryl methyl sites for hydroxylation is 1. The lowest BCUT2D eigenvalue weighted by molar-refractivity contribution is 0.00998. The summed E-state index contributed by atoms with van der Waals surface area (Å²) in [6.07, 6.45) is 6.50. The van der Waals surface area contributed by atoms with Crippen molar-refractivity contribution in [2.24, 2.45) is 5.92 Å². The Morgan fingerprint density at radius 3 is 2.61 bits per heavy atom. The topological polar surface area (TPSA) is 80.7 Å². The molecule has 3 aromatic rings. The number of nitrogens with one attached hydrogen (secondary N) is 1. The summed E-state index contributed by atoms with van der Waals surface area (Å²) in [5, 5.41) is 18.7. The van der Waals surface area contributed by atoms with E-state index >= 15 is 0 Å². The van der Waals surface area contributed by atoms with Crippen LogP contribution in [0, 0.1) is 5.92 Å². The average Bonchev–Trinajstić information content (AvgIpc) is 3.67. The van der Waals surface area contributed by atoms with Crippen molar-refractivity contribution < 1.29 is 5.11 Å². The first-order valence-corrected chi connectivity index (χ1v) is 13.8. The van der Waals surface area contributed by atoms with Gasteiger partial charge in [-0.2, -0.15) is 9.99 Å². The molecule has 38 heavy (non-hydrogen) atoms. The lowest BCUT2D eigenvalue weighted by Gasteiger charge is -2.31. The molecule has 200 valence electrons. The van der Waals surface area contributed by atoms with Gasteiger partial charge in [-0.05, 0) is 87.5 Å². The molecule has 1 fully saturated rings. The molecule has 1 saturated carbocycles. The lowest BCUT2D eigenvalue weighted by atomic mass is 9.83. The lowest BCUT2D eigenvalue weighted by Crippen LogP contribution is -2.39. The molecule has 2 unspecified atom stereocenters. The maximum Gasteiger partial charge on any atom is 0.229 e. The van der Waals surface area contributed by atoms with Crippen LogP contribution in [0.15, 0.2) is 42.6 Å². The molecule has 0 radical (unpaired) electrons. The van der Waals surface area contributed by atoms with E-state index in [1.54, 1.807) is 6.20 Å². The molecule has 2 N–H and O–H groups in total. The summed E-state index contributed by atoms with van der Waals surface area (Å²) in [4.78, 5) is 16.8. The van der Waals surface area contributed by atoms with Crippen LogP contribution in [0.5, 0.6) is 0 Å². The zero-order valence-electron chi connectivity index (χ0n) is 23.1. The normalized spacial score (nSPS) is 21.5. The molecule has 1 aliphatic heterocycles. The highest BCUT2D eigenvalue weighted by Gasteiger charge is 2.46. The van der Waals surface area contributed by atoms with Crippen LogP contribution in [-0.4, -0.2) is 56.6 Å². The Balaban J connectivity index is 1.29. The zero-order chi connectivity index (χ0) is 26.6. The summed E-state index contributed by atoms with van der Waals surface area (Å²) < 4.78 is 0. The van der Waals surface area contributed by atoms with Crippen LogP contribution in [0.25, 0.3) is 0 Å². The number of pyridine rings is 1. The molecule has 8 nitrogen and oxygen atoms in total. The van der Waals surface area contributed by atoms with E-state index in [9.17, 15) is 5.11 Å². The number of anilines is 4. The first-order chi connectivity index (χ1) is 18.2. The summed E-state index contributed by atoms with van der Waals surface area (Å²) in [7, 11) is 4.31. The van der Waals surface area contributed by atoms with Crippen LogP contribution in [0.3, 0.4) is 0 Å². The van der Waals surface area contributed by atoms with E-state index in [1.807, 2.05) is 22.2 Å². The van der Waals surface area contributed by atoms with Crippen molar-refractivity contribution in [2.45, 2.75) is 70.6 Å². The average molecular weight is 514 g/mol. The highest BCUT2D eigenvalue weighted by Crippen LogP contribution is 2.47. The van der Waals surface area contributed by atoms with Gasteiger partial charge in [0.2, 0.25) is 5.95 Å². The Labute approximate surface area is 225 Å². The molecular weight excluding hydrogens is 474 g/mol. The predicted molar refractivity (Wildman–Crippen MR) is 151 cm³/mol. The van der Waals surface area contributed by atoms with E-state index in [4.69, 9.17) is 9.97 Å². The molecule has 1 aromatic carbocycles. The monoisotopic (exact) mass is 513 g/mol. The van der Waals surface area contributed by atoms with Crippen LogP contribution >= 0.6 is 0 Å². The fourth-order valence-electron chi connectivity index (χ4n) is 5.75. The van der Waals surface area contributed by atoms with Crippen LogP contribution in [0.2, 0.25) is 0 Å². The molecular formula is C30H39N7O. The fourth-order valence-corrected chi connectivity index (χ4v) is 5.75. The van der Waals surface area contributed by atoms with Crippen molar-refractivity contribution in [3.63, 3.8) is 0 Å². The van der Waals surface area contributed by atoms with Crippen LogP contribution < -0.4 is 10.3 Å². The number of hydrazine groups is 1. The van der Waals surface area contributed by atoms with Gasteiger partial charge >= 0.3 is 0 Å². The largest absolute Gasteiger partial charge is 0.372 e. The molecule has 6 rings (SSSR count). The van der Waals surface area contributed by atoms with Gasteiger partial charge in [0.05, 0.1) is 5.56 Å². The van der Waals surface area contributed by atoms with Crippen molar-refractivity contribution in [1.82, 2.24) is 24.9 Å². The molecule has 2 atom stereocenters. The first-order valence-electron chi connectivity index (χ1n) is 13.8. The third-order valence-electron chi connectivity index (χ3n) is 7.81. The van der Waals surface area contributed by atoms with Gasteiger partial charge in [-0.15, -0.1) is 0 Å². The highest BCUT2D eigenvalue weighted by atomic mass is 16.3. The van der Waals surface area contributed by atoms with Crippen molar-refractivity contribution >= 4 is 23.3 Å². The maximum absolute atomic E-state index is 11.3. The Kier molecular flexibility index (Phi) is 6.37. The van der Waals surface area contributed by atoms with Gasteiger partial charge in [0, 0.05) is 35.6 Å². The fraction of sp³-hybridized carbons (Fsp3) is 0.500. The minimum Gasteiger partial charge on any atom is -0.372 e. The molecule has 3 aliphatic rings. The van der Waals surface area contributed by atoms with Gasteiger partial charge in [0.25, 0.3) is 0 Å². The van der Waals surface area contributed by atoms with Crippen molar-refractivity contribution in [2.75, 3.05) is 31.0 Å². The Morgan fingerprint density at radius 2 is 1.87 bits per heavy atom. The summed E-state index contributed by atoms with van der Waals surface area (Å²) in [5.41, 5.74) is 5.48. The number of fused-ring (bicyclic) bond motifs is 2. The van der Waals surface area contributed by atoms with Crippen LogP contribution in [0.4, 0.5) is 23.3 Å². The van der Waals surface area contributed by atoms with E-state index in [1.165, 1.54) is 17.5 Å². The predicted octanol–water partition coefficient (Wildman–Crippen LogP) is 5.10. The summed E-state index contributed by atoms with van der Waals surface area (Å²) in [5.74, 6) is 2.69. The molecule has 0 saturated heterocycles. The van der Waals surface area contributed by atoms with Crippen molar-refractivity contribution in [3.8, 4) is 0 Å². The van der Waals surface area contributed by atoms with Crippen molar-refractivity contribution in [1.29, 1.82) is 0 Å². The van der Waals surface area contributed by atoms with Gasteiger partial charge < -0.3 is 15.3 Å². The van der Waals surface area contributed by atoms with Gasteiger partial charge in [0.1, 0.15) is 5.82 Å². The second-order valence-corrected chi connectivity index (χ2v) is 12.4. The number of nitrogens with zero attached hydrogens (tertiary/aromatic N) is 6. The van der Waals surface area contributed by atoms with Crippen LogP contribution in [0.1, 0.15) is 68.6 Å². The number of hydrogen-bond acceptors (Lipinski definition) is 8. The minimum atomic E-state index is -0.787. The molecule has 3 heterocycles. The van der Waals surface area contributed by atoms with Gasteiger partial charge in [0.15, 0.2) is 12.0 Å². The number of aliphatic hydroxyl groups is 1. The standard InChI is InChI=1S/C30H39N7O/c1-30(2,3)25-7-6-8-26(33-25)37-27-24(28(38)36(37)23-13-14-23)17-31-29(34-27)32-22-12-11-20-15-19(18-35(4)5)9-10-21(20)16-22/h6-8,11-12,16-17,19,23,28,38H,9-10,13-15,18H2,1-5H3,(H,31,32,34). The summed E-state index contributed by atoms with van der Waals surface area (Å²) in [6.45, 7) is 7.62.